The molecule has 104 valence electrons. The highest BCUT2D eigenvalue weighted by atomic mass is 15.2. The highest BCUT2D eigenvalue weighted by molar-refractivity contribution is 5.53. The molecule has 0 saturated carbocycles. The quantitative estimate of drug-likeness (QED) is 0.924. The van der Waals surface area contributed by atoms with Crippen molar-refractivity contribution in [3.05, 3.63) is 48.2 Å². The van der Waals surface area contributed by atoms with E-state index in [1.807, 2.05) is 12.3 Å². The Labute approximate surface area is 119 Å². The van der Waals surface area contributed by atoms with Crippen LogP contribution in [0.4, 0.5) is 11.5 Å². The van der Waals surface area contributed by atoms with Crippen molar-refractivity contribution in [3.8, 4) is 0 Å². The average molecular weight is 268 g/mol. The topological polar surface area (TPSA) is 41.0 Å². The molecule has 0 amide bonds. The Bertz CT molecular complexity index is 549. The van der Waals surface area contributed by atoms with Gasteiger partial charge in [-0.2, -0.15) is 5.10 Å². The van der Waals surface area contributed by atoms with Crippen LogP contribution in [0.15, 0.2) is 42.6 Å². The second-order valence-corrected chi connectivity index (χ2v) is 5.27. The van der Waals surface area contributed by atoms with Gasteiger partial charge in [0, 0.05) is 25.2 Å². The van der Waals surface area contributed by atoms with Crippen LogP contribution < -0.4 is 10.2 Å². The molecule has 1 atom stereocenters. The second-order valence-electron chi connectivity index (χ2n) is 5.27. The lowest BCUT2D eigenvalue weighted by Crippen LogP contribution is -2.18. The predicted octanol–water partition coefficient (Wildman–Crippen LogP) is 3.25. The van der Waals surface area contributed by atoms with E-state index >= 15 is 0 Å². The van der Waals surface area contributed by atoms with Gasteiger partial charge in [-0.25, -0.2) is 0 Å². The fourth-order valence-corrected chi connectivity index (χ4v) is 2.62. The summed E-state index contributed by atoms with van der Waals surface area (Å²) in [5.74, 6) is 0.839. The molecular formula is C16H20N4. The van der Waals surface area contributed by atoms with Crippen LogP contribution in [0, 0.1) is 0 Å². The number of hydrogen-bond acceptors (Lipinski definition) is 4. The molecule has 20 heavy (non-hydrogen) atoms. The van der Waals surface area contributed by atoms with Crippen LogP contribution in [0.25, 0.3) is 0 Å². The molecule has 4 nitrogen and oxygen atoms in total. The molecule has 1 fully saturated rings. The number of hydrogen-bond donors (Lipinski definition) is 1. The SMILES string of the molecule is CC(Nc1cc(N2CCCC2)cnn1)c1ccccc1. The first-order valence-electron chi connectivity index (χ1n) is 7.22. The van der Waals surface area contributed by atoms with Crippen LogP contribution in [-0.2, 0) is 0 Å². The van der Waals surface area contributed by atoms with Crippen LogP contribution in [0.5, 0.6) is 0 Å². The molecule has 0 spiro atoms. The third kappa shape index (κ3) is 2.90. The van der Waals surface area contributed by atoms with Crippen LogP contribution in [0.3, 0.4) is 0 Å². The van der Waals surface area contributed by atoms with E-state index < -0.39 is 0 Å². The van der Waals surface area contributed by atoms with Crippen molar-refractivity contribution in [1.29, 1.82) is 0 Å². The first-order chi connectivity index (χ1) is 9.83. The molecule has 1 N–H and O–H groups in total. The van der Waals surface area contributed by atoms with Crippen LogP contribution in [0.2, 0.25) is 0 Å². The zero-order valence-corrected chi connectivity index (χ0v) is 11.8. The molecule has 1 aliphatic heterocycles. The summed E-state index contributed by atoms with van der Waals surface area (Å²) in [7, 11) is 0. The van der Waals surface area contributed by atoms with Crippen molar-refractivity contribution < 1.29 is 0 Å². The van der Waals surface area contributed by atoms with E-state index in [-0.39, 0.29) is 6.04 Å². The molecule has 1 unspecified atom stereocenters. The maximum Gasteiger partial charge on any atom is 0.151 e. The summed E-state index contributed by atoms with van der Waals surface area (Å²) < 4.78 is 0. The van der Waals surface area contributed by atoms with Crippen LogP contribution in [-0.4, -0.2) is 23.3 Å². The lowest BCUT2D eigenvalue weighted by Gasteiger charge is -2.19. The Morgan fingerprint density at radius 2 is 1.90 bits per heavy atom. The number of anilines is 2. The van der Waals surface area contributed by atoms with Crippen molar-refractivity contribution >= 4 is 11.5 Å². The molecule has 4 heteroatoms. The number of nitrogens with zero attached hydrogens (tertiary/aromatic N) is 3. The molecule has 3 rings (SSSR count). The standard InChI is InChI=1S/C16H20N4/c1-13(14-7-3-2-4-8-14)18-16-11-15(12-17-19-16)20-9-5-6-10-20/h2-4,7-8,11-13H,5-6,9-10H2,1H3,(H,18,19). The van der Waals surface area contributed by atoms with E-state index in [9.17, 15) is 0 Å². The number of rotatable bonds is 4. The second kappa shape index (κ2) is 5.90. The van der Waals surface area contributed by atoms with E-state index in [0.717, 1.165) is 18.9 Å². The van der Waals surface area contributed by atoms with E-state index in [0.29, 0.717) is 0 Å². The van der Waals surface area contributed by atoms with Gasteiger partial charge in [0.25, 0.3) is 0 Å². The van der Waals surface area contributed by atoms with Gasteiger partial charge in [-0.05, 0) is 25.3 Å². The van der Waals surface area contributed by atoms with Gasteiger partial charge in [-0.3, -0.25) is 0 Å². The van der Waals surface area contributed by atoms with Gasteiger partial charge in [0.1, 0.15) is 0 Å². The fourth-order valence-electron chi connectivity index (χ4n) is 2.62. The van der Waals surface area contributed by atoms with Gasteiger partial charge in [-0.1, -0.05) is 30.3 Å². The Morgan fingerprint density at radius 3 is 2.65 bits per heavy atom. The number of aromatic nitrogens is 2. The largest absolute Gasteiger partial charge is 0.370 e. The fraction of sp³-hybridized carbons (Fsp3) is 0.375. The Balaban J connectivity index is 1.72. The smallest absolute Gasteiger partial charge is 0.151 e. The summed E-state index contributed by atoms with van der Waals surface area (Å²) in [5, 5.41) is 11.7. The number of benzene rings is 1. The highest BCUT2D eigenvalue weighted by Gasteiger charge is 2.14. The summed E-state index contributed by atoms with van der Waals surface area (Å²) in [4.78, 5) is 2.37. The molecular weight excluding hydrogens is 248 g/mol. The minimum absolute atomic E-state index is 0.222. The van der Waals surface area contributed by atoms with E-state index in [4.69, 9.17) is 0 Å². The molecule has 1 aromatic heterocycles. The molecule has 1 aliphatic rings. The lowest BCUT2D eigenvalue weighted by molar-refractivity contribution is 0.856. The van der Waals surface area contributed by atoms with Crippen LogP contribution in [0.1, 0.15) is 31.4 Å². The van der Waals surface area contributed by atoms with E-state index in [1.165, 1.54) is 24.1 Å². The van der Waals surface area contributed by atoms with Crippen molar-refractivity contribution in [2.45, 2.75) is 25.8 Å². The first kappa shape index (κ1) is 12.9. The van der Waals surface area contributed by atoms with Gasteiger partial charge in [0.15, 0.2) is 5.82 Å². The lowest BCUT2D eigenvalue weighted by atomic mass is 10.1. The molecule has 2 heterocycles. The normalized spacial score (nSPS) is 16.1. The Hall–Kier alpha value is -2.10. The summed E-state index contributed by atoms with van der Waals surface area (Å²) in [6.45, 7) is 4.39. The molecule has 0 radical (unpaired) electrons. The zero-order valence-electron chi connectivity index (χ0n) is 11.8. The summed E-state index contributed by atoms with van der Waals surface area (Å²) in [5.41, 5.74) is 2.42. The minimum Gasteiger partial charge on any atom is -0.370 e. The monoisotopic (exact) mass is 268 g/mol. The molecule has 1 aromatic carbocycles. The zero-order chi connectivity index (χ0) is 13.8. The number of nitrogens with one attached hydrogen (secondary N) is 1. The minimum atomic E-state index is 0.222. The van der Waals surface area contributed by atoms with Crippen molar-refractivity contribution in [1.82, 2.24) is 10.2 Å². The van der Waals surface area contributed by atoms with E-state index in [2.05, 4.69) is 57.7 Å². The van der Waals surface area contributed by atoms with Gasteiger partial charge >= 0.3 is 0 Å². The van der Waals surface area contributed by atoms with Crippen molar-refractivity contribution in [3.63, 3.8) is 0 Å². The van der Waals surface area contributed by atoms with E-state index in [1.54, 1.807) is 0 Å². The third-order valence-electron chi connectivity index (χ3n) is 3.78. The first-order valence-corrected chi connectivity index (χ1v) is 7.22. The summed E-state index contributed by atoms with van der Waals surface area (Å²) in [6, 6.07) is 12.7. The predicted molar refractivity (Wildman–Crippen MR) is 82.0 cm³/mol. The van der Waals surface area contributed by atoms with Crippen molar-refractivity contribution in [2.75, 3.05) is 23.3 Å². The van der Waals surface area contributed by atoms with Gasteiger partial charge in [-0.15, -0.1) is 5.10 Å². The maximum absolute atomic E-state index is 4.19. The Morgan fingerprint density at radius 1 is 1.15 bits per heavy atom. The van der Waals surface area contributed by atoms with Gasteiger partial charge in [0.05, 0.1) is 11.9 Å². The van der Waals surface area contributed by atoms with Crippen molar-refractivity contribution in [2.24, 2.45) is 0 Å². The average Bonchev–Trinajstić information content (AvgIpc) is 3.03. The molecule has 1 saturated heterocycles. The maximum atomic E-state index is 4.19. The summed E-state index contributed by atoms with van der Waals surface area (Å²) in [6.07, 6.45) is 4.39. The summed E-state index contributed by atoms with van der Waals surface area (Å²) >= 11 is 0. The molecule has 2 aromatic rings. The van der Waals surface area contributed by atoms with Gasteiger partial charge in [0.2, 0.25) is 0 Å². The van der Waals surface area contributed by atoms with Crippen LogP contribution >= 0.6 is 0 Å². The third-order valence-corrected chi connectivity index (χ3v) is 3.78. The highest BCUT2D eigenvalue weighted by Crippen LogP contribution is 2.23. The molecule has 0 bridgehead atoms. The Kier molecular flexibility index (Phi) is 3.81. The van der Waals surface area contributed by atoms with Gasteiger partial charge < -0.3 is 10.2 Å². The molecule has 0 aliphatic carbocycles.